The van der Waals surface area contributed by atoms with Crippen LogP contribution in [0, 0.1) is 0 Å². The van der Waals surface area contributed by atoms with Gasteiger partial charge in [0.1, 0.15) is 5.82 Å². The molecule has 0 spiro atoms. The molecule has 2 aromatic heterocycles. The average Bonchev–Trinajstić information content (AvgIpc) is 2.92. The molecule has 1 fully saturated rings. The molecule has 2 aromatic rings. The number of hydrogen-bond donors (Lipinski definition) is 2. The van der Waals surface area contributed by atoms with Crippen molar-refractivity contribution in [3.63, 3.8) is 0 Å². The Morgan fingerprint density at radius 1 is 1.23 bits per heavy atom. The van der Waals surface area contributed by atoms with E-state index in [9.17, 15) is 0 Å². The van der Waals surface area contributed by atoms with Gasteiger partial charge in [-0.25, -0.2) is 4.98 Å². The van der Waals surface area contributed by atoms with E-state index < -0.39 is 0 Å². The zero-order chi connectivity index (χ0) is 17.8. The summed E-state index contributed by atoms with van der Waals surface area (Å²) in [6, 6.07) is 5.91. The van der Waals surface area contributed by atoms with Gasteiger partial charge in [0.2, 0.25) is 5.95 Å². The van der Waals surface area contributed by atoms with Crippen LogP contribution < -0.4 is 16.0 Å². The number of nitrogen functional groups attached to an aromatic ring is 1. The first kappa shape index (κ1) is 17.2. The van der Waals surface area contributed by atoms with E-state index >= 15 is 0 Å². The van der Waals surface area contributed by atoms with Crippen LogP contribution >= 0.6 is 0 Å². The highest BCUT2D eigenvalue weighted by molar-refractivity contribution is 5.53. The average molecular weight is 354 g/mol. The number of nitrogens with zero attached hydrogens (tertiary/aromatic N) is 4. The topological polar surface area (TPSA) is 89.2 Å². The Balaban J connectivity index is 1.48. The number of rotatable bonds is 4. The van der Waals surface area contributed by atoms with Crippen LogP contribution in [-0.4, -0.2) is 47.2 Å². The molecule has 2 aliphatic rings. The summed E-state index contributed by atoms with van der Waals surface area (Å²) in [7, 11) is 0. The minimum Gasteiger partial charge on any atom is -0.370 e. The Hall–Kier alpha value is -2.25. The predicted octanol–water partition coefficient (Wildman–Crippen LogP) is 1.33. The number of fused-ring (bicyclic) bond motifs is 1. The minimum atomic E-state index is 0.182. The quantitative estimate of drug-likeness (QED) is 0.856. The number of hydrogen-bond acceptors (Lipinski definition) is 7. The molecule has 1 saturated heterocycles. The van der Waals surface area contributed by atoms with Gasteiger partial charge in [0.05, 0.1) is 24.1 Å². The van der Waals surface area contributed by atoms with Crippen molar-refractivity contribution in [1.29, 1.82) is 0 Å². The second kappa shape index (κ2) is 7.97. The van der Waals surface area contributed by atoms with Crippen LogP contribution in [0.2, 0.25) is 0 Å². The third-order valence-electron chi connectivity index (χ3n) is 5.05. The third-order valence-corrected chi connectivity index (χ3v) is 5.05. The van der Waals surface area contributed by atoms with Crippen LogP contribution in [0.5, 0.6) is 0 Å². The third kappa shape index (κ3) is 3.94. The summed E-state index contributed by atoms with van der Waals surface area (Å²) in [5, 5.41) is 3.43. The summed E-state index contributed by atoms with van der Waals surface area (Å²) in [4.78, 5) is 15.8. The fourth-order valence-electron chi connectivity index (χ4n) is 3.76. The predicted molar refractivity (Wildman–Crippen MR) is 101 cm³/mol. The number of piperidine rings is 1. The van der Waals surface area contributed by atoms with E-state index in [4.69, 9.17) is 10.5 Å². The molecule has 0 saturated carbocycles. The first-order valence-electron chi connectivity index (χ1n) is 9.42. The molecule has 26 heavy (non-hydrogen) atoms. The maximum absolute atomic E-state index is 6.13. The van der Waals surface area contributed by atoms with E-state index in [-0.39, 0.29) is 6.10 Å². The number of nitrogens with one attached hydrogen (secondary N) is 1. The Kier molecular flexibility index (Phi) is 5.26. The lowest BCUT2D eigenvalue weighted by atomic mass is 10.0. The Morgan fingerprint density at radius 2 is 2.15 bits per heavy atom. The van der Waals surface area contributed by atoms with Gasteiger partial charge in [0.25, 0.3) is 0 Å². The lowest BCUT2D eigenvalue weighted by Crippen LogP contribution is -2.41. The number of aromatic nitrogens is 3. The van der Waals surface area contributed by atoms with Gasteiger partial charge >= 0.3 is 0 Å². The molecule has 7 heteroatoms. The van der Waals surface area contributed by atoms with Gasteiger partial charge in [-0.05, 0) is 37.9 Å². The number of ether oxygens (including phenoxy) is 1. The monoisotopic (exact) mass is 354 g/mol. The maximum Gasteiger partial charge on any atom is 0.222 e. The van der Waals surface area contributed by atoms with Crippen LogP contribution in [0.4, 0.5) is 11.8 Å². The molecule has 7 nitrogen and oxygen atoms in total. The lowest BCUT2D eigenvalue weighted by molar-refractivity contribution is 0.0297. The van der Waals surface area contributed by atoms with Crippen LogP contribution in [-0.2, 0) is 24.2 Å². The van der Waals surface area contributed by atoms with Crippen molar-refractivity contribution < 1.29 is 4.74 Å². The van der Waals surface area contributed by atoms with E-state index in [0.717, 1.165) is 69.1 Å². The highest BCUT2D eigenvalue weighted by Crippen LogP contribution is 2.27. The van der Waals surface area contributed by atoms with E-state index in [1.54, 1.807) is 6.20 Å². The molecule has 0 bridgehead atoms. The molecule has 4 rings (SSSR count). The van der Waals surface area contributed by atoms with Gasteiger partial charge in [0, 0.05) is 37.8 Å². The molecule has 0 unspecified atom stereocenters. The largest absolute Gasteiger partial charge is 0.370 e. The number of pyridine rings is 1. The molecule has 138 valence electrons. The van der Waals surface area contributed by atoms with Gasteiger partial charge in [-0.15, -0.1) is 0 Å². The first-order valence-corrected chi connectivity index (χ1v) is 9.42. The van der Waals surface area contributed by atoms with Crippen LogP contribution in [0.25, 0.3) is 0 Å². The van der Waals surface area contributed by atoms with Crippen LogP contribution in [0.1, 0.15) is 29.8 Å². The SMILES string of the molecule is Nc1nc2c(c(N3CCC[C@@H](OCc4ccccn4)C3)n1)CCNCC2. The van der Waals surface area contributed by atoms with Crippen molar-refractivity contribution in [3.05, 3.63) is 41.3 Å². The Morgan fingerprint density at radius 3 is 3.04 bits per heavy atom. The van der Waals surface area contributed by atoms with Crippen LogP contribution in [0.15, 0.2) is 24.4 Å². The number of anilines is 2. The first-order chi connectivity index (χ1) is 12.8. The summed E-state index contributed by atoms with van der Waals surface area (Å²) in [5.41, 5.74) is 9.31. The van der Waals surface area contributed by atoms with Gasteiger partial charge in [-0.3, -0.25) is 4.98 Å². The molecule has 4 heterocycles. The summed E-state index contributed by atoms with van der Waals surface area (Å²) >= 11 is 0. The summed E-state index contributed by atoms with van der Waals surface area (Å²) < 4.78 is 6.13. The molecule has 3 N–H and O–H groups in total. The second-order valence-corrected chi connectivity index (χ2v) is 6.92. The zero-order valence-corrected chi connectivity index (χ0v) is 15.0. The van der Waals surface area contributed by atoms with E-state index in [2.05, 4.69) is 25.2 Å². The zero-order valence-electron chi connectivity index (χ0n) is 15.0. The highest BCUT2D eigenvalue weighted by Gasteiger charge is 2.26. The number of nitrogens with two attached hydrogens (primary N) is 1. The van der Waals surface area contributed by atoms with Gasteiger partial charge < -0.3 is 20.7 Å². The van der Waals surface area contributed by atoms with Crippen molar-refractivity contribution in [3.8, 4) is 0 Å². The summed E-state index contributed by atoms with van der Waals surface area (Å²) in [5.74, 6) is 1.37. The Bertz CT molecular complexity index is 738. The van der Waals surface area contributed by atoms with Gasteiger partial charge in [-0.1, -0.05) is 6.07 Å². The minimum absolute atomic E-state index is 0.182. The van der Waals surface area contributed by atoms with Crippen LogP contribution in [0.3, 0.4) is 0 Å². The molecule has 2 aliphatic heterocycles. The molecular formula is C19H26N6O. The van der Waals surface area contributed by atoms with Gasteiger partial charge in [0.15, 0.2) is 0 Å². The van der Waals surface area contributed by atoms with Crippen molar-refractivity contribution in [2.24, 2.45) is 0 Å². The molecule has 1 atom stereocenters. The standard InChI is InChI=1S/C19H26N6O/c20-19-23-17-7-10-21-9-6-16(17)18(24-19)25-11-3-5-15(12-25)26-13-14-4-1-2-8-22-14/h1-2,4,8,15,21H,3,5-7,9-13H2,(H2,20,23,24)/t15-/m1/s1. The van der Waals surface area contributed by atoms with Crippen molar-refractivity contribution in [2.45, 2.75) is 38.4 Å². The highest BCUT2D eigenvalue weighted by atomic mass is 16.5. The van der Waals surface area contributed by atoms with E-state index in [1.165, 1.54) is 5.56 Å². The van der Waals surface area contributed by atoms with Gasteiger partial charge in [-0.2, -0.15) is 4.98 Å². The second-order valence-electron chi connectivity index (χ2n) is 6.92. The smallest absolute Gasteiger partial charge is 0.222 e. The fourth-order valence-corrected chi connectivity index (χ4v) is 3.76. The van der Waals surface area contributed by atoms with E-state index in [0.29, 0.717) is 12.6 Å². The molecule has 0 aliphatic carbocycles. The van der Waals surface area contributed by atoms with Crippen molar-refractivity contribution >= 4 is 11.8 Å². The molecule has 0 amide bonds. The summed E-state index contributed by atoms with van der Waals surface area (Å²) in [6.07, 6.45) is 5.99. The molecular weight excluding hydrogens is 328 g/mol. The van der Waals surface area contributed by atoms with E-state index in [1.807, 2.05) is 18.2 Å². The van der Waals surface area contributed by atoms with Crippen molar-refractivity contribution in [1.82, 2.24) is 20.3 Å². The lowest BCUT2D eigenvalue weighted by Gasteiger charge is -2.34. The normalized spacial score (nSPS) is 20.5. The molecule has 0 aromatic carbocycles. The summed E-state index contributed by atoms with van der Waals surface area (Å²) in [6.45, 7) is 4.27. The fraction of sp³-hybridized carbons (Fsp3) is 0.526. The van der Waals surface area contributed by atoms with Crippen molar-refractivity contribution in [2.75, 3.05) is 36.8 Å². The molecule has 0 radical (unpaired) electrons. The Labute approximate surface area is 154 Å². The maximum atomic E-state index is 6.13.